The van der Waals surface area contributed by atoms with Crippen LogP contribution < -0.4 is 5.32 Å². The van der Waals surface area contributed by atoms with E-state index < -0.39 is 0 Å². The molecule has 0 saturated heterocycles. The van der Waals surface area contributed by atoms with Crippen LogP contribution in [0.5, 0.6) is 0 Å². The standard InChI is InChI=1S/C19H21FN4/c1-11(2)18(19-16(20)6-5-9-21-19)22-12(3)14-7-8-17-15(10-14)13(4)23-24-17/h5-11,18,22H,3H2,1-2,4H3,(H,23,24)/t18-/m0/s1. The molecule has 1 aromatic carbocycles. The number of nitrogens with one attached hydrogen (secondary N) is 2. The van der Waals surface area contributed by atoms with Crippen LogP contribution in [0.25, 0.3) is 16.6 Å². The minimum Gasteiger partial charge on any atom is -0.376 e. The topological polar surface area (TPSA) is 53.6 Å². The molecular weight excluding hydrogens is 303 g/mol. The number of H-pyrrole nitrogens is 1. The predicted octanol–water partition coefficient (Wildman–Crippen LogP) is 4.36. The van der Waals surface area contributed by atoms with E-state index in [-0.39, 0.29) is 17.8 Å². The van der Waals surface area contributed by atoms with Gasteiger partial charge in [0.2, 0.25) is 0 Å². The molecule has 3 aromatic rings. The summed E-state index contributed by atoms with van der Waals surface area (Å²) in [7, 11) is 0. The summed E-state index contributed by atoms with van der Waals surface area (Å²) in [6.07, 6.45) is 1.61. The molecule has 0 saturated carbocycles. The predicted molar refractivity (Wildman–Crippen MR) is 94.8 cm³/mol. The Kier molecular flexibility index (Phi) is 4.34. The van der Waals surface area contributed by atoms with Crippen LogP contribution >= 0.6 is 0 Å². The van der Waals surface area contributed by atoms with Crippen molar-refractivity contribution in [1.29, 1.82) is 0 Å². The van der Waals surface area contributed by atoms with Crippen molar-refractivity contribution >= 4 is 16.6 Å². The van der Waals surface area contributed by atoms with E-state index in [4.69, 9.17) is 0 Å². The van der Waals surface area contributed by atoms with Gasteiger partial charge in [-0.05, 0) is 42.7 Å². The van der Waals surface area contributed by atoms with E-state index in [9.17, 15) is 4.39 Å². The molecule has 0 unspecified atom stereocenters. The van der Waals surface area contributed by atoms with Crippen molar-refractivity contribution in [2.75, 3.05) is 0 Å². The lowest BCUT2D eigenvalue weighted by molar-refractivity contribution is 0.431. The Hall–Kier alpha value is -2.69. The molecule has 0 aliphatic rings. The van der Waals surface area contributed by atoms with E-state index in [2.05, 4.69) is 27.1 Å². The molecule has 0 aliphatic carbocycles. The average Bonchev–Trinajstić information content (AvgIpc) is 2.94. The number of hydrogen-bond donors (Lipinski definition) is 2. The third kappa shape index (κ3) is 3.02. The number of benzene rings is 1. The van der Waals surface area contributed by atoms with Gasteiger partial charge in [0, 0.05) is 23.0 Å². The third-order valence-corrected chi connectivity index (χ3v) is 4.17. The number of fused-ring (bicyclic) bond motifs is 1. The van der Waals surface area contributed by atoms with Crippen LogP contribution in [0.3, 0.4) is 0 Å². The number of pyridine rings is 1. The molecule has 24 heavy (non-hydrogen) atoms. The van der Waals surface area contributed by atoms with E-state index in [0.29, 0.717) is 5.69 Å². The zero-order chi connectivity index (χ0) is 17.3. The van der Waals surface area contributed by atoms with Gasteiger partial charge in [0.1, 0.15) is 5.82 Å². The smallest absolute Gasteiger partial charge is 0.146 e. The molecule has 3 rings (SSSR count). The first-order chi connectivity index (χ1) is 11.5. The molecule has 0 bridgehead atoms. The van der Waals surface area contributed by atoms with Gasteiger partial charge in [-0.3, -0.25) is 10.1 Å². The quantitative estimate of drug-likeness (QED) is 0.733. The number of rotatable bonds is 5. The van der Waals surface area contributed by atoms with Crippen molar-refractivity contribution in [2.24, 2.45) is 5.92 Å². The summed E-state index contributed by atoms with van der Waals surface area (Å²) in [6, 6.07) is 8.73. The number of aromatic amines is 1. The summed E-state index contributed by atoms with van der Waals surface area (Å²) < 4.78 is 14.1. The number of aromatic nitrogens is 3. The number of halogens is 1. The molecule has 124 valence electrons. The zero-order valence-corrected chi connectivity index (χ0v) is 14.1. The van der Waals surface area contributed by atoms with Gasteiger partial charge in [0.15, 0.2) is 0 Å². The van der Waals surface area contributed by atoms with Crippen molar-refractivity contribution in [1.82, 2.24) is 20.5 Å². The van der Waals surface area contributed by atoms with Crippen molar-refractivity contribution < 1.29 is 4.39 Å². The van der Waals surface area contributed by atoms with Gasteiger partial charge in [0.05, 0.1) is 17.3 Å². The molecule has 4 nitrogen and oxygen atoms in total. The zero-order valence-electron chi connectivity index (χ0n) is 14.1. The summed E-state index contributed by atoms with van der Waals surface area (Å²) in [6.45, 7) is 10.2. The maximum absolute atomic E-state index is 14.1. The molecule has 1 atom stereocenters. The van der Waals surface area contributed by atoms with E-state index in [1.807, 2.05) is 39.0 Å². The first-order valence-corrected chi connectivity index (χ1v) is 7.98. The first-order valence-electron chi connectivity index (χ1n) is 7.98. The van der Waals surface area contributed by atoms with Crippen molar-refractivity contribution in [3.05, 3.63) is 65.9 Å². The Labute approximate surface area is 140 Å². The highest BCUT2D eigenvalue weighted by atomic mass is 19.1. The number of hydrogen-bond acceptors (Lipinski definition) is 3. The molecule has 0 fully saturated rings. The van der Waals surface area contributed by atoms with Gasteiger partial charge in [-0.2, -0.15) is 5.10 Å². The van der Waals surface area contributed by atoms with Gasteiger partial charge < -0.3 is 5.32 Å². The second-order valence-electron chi connectivity index (χ2n) is 6.30. The first kappa shape index (κ1) is 16.2. The van der Waals surface area contributed by atoms with Crippen molar-refractivity contribution in [3.63, 3.8) is 0 Å². The van der Waals surface area contributed by atoms with Gasteiger partial charge in [0.25, 0.3) is 0 Å². The molecule has 2 heterocycles. The van der Waals surface area contributed by atoms with Crippen LogP contribution in [0.4, 0.5) is 4.39 Å². The monoisotopic (exact) mass is 324 g/mol. The van der Waals surface area contributed by atoms with E-state index >= 15 is 0 Å². The van der Waals surface area contributed by atoms with Gasteiger partial charge >= 0.3 is 0 Å². The summed E-state index contributed by atoms with van der Waals surface area (Å²) in [4.78, 5) is 4.21. The second-order valence-corrected chi connectivity index (χ2v) is 6.30. The fourth-order valence-corrected chi connectivity index (χ4v) is 2.77. The maximum atomic E-state index is 14.1. The number of nitrogens with zero attached hydrogens (tertiary/aromatic N) is 2. The lowest BCUT2D eigenvalue weighted by Crippen LogP contribution is -2.26. The third-order valence-electron chi connectivity index (χ3n) is 4.17. The van der Waals surface area contributed by atoms with Crippen LogP contribution in [-0.2, 0) is 0 Å². The van der Waals surface area contributed by atoms with Gasteiger partial charge in [-0.25, -0.2) is 4.39 Å². The van der Waals surface area contributed by atoms with E-state index in [1.165, 1.54) is 6.07 Å². The van der Waals surface area contributed by atoms with Crippen molar-refractivity contribution in [2.45, 2.75) is 26.8 Å². The number of aryl methyl sites for hydroxylation is 1. The molecule has 0 amide bonds. The summed E-state index contributed by atoms with van der Waals surface area (Å²) >= 11 is 0. The van der Waals surface area contributed by atoms with Crippen LogP contribution in [0, 0.1) is 18.7 Å². The Bertz CT molecular complexity index is 882. The molecular formula is C19H21FN4. The lowest BCUT2D eigenvalue weighted by atomic mass is 9.98. The van der Waals surface area contributed by atoms with E-state index in [0.717, 1.165) is 27.9 Å². The Morgan fingerprint density at radius 1 is 1.29 bits per heavy atom. The highest BCUT2D eigenvalue weighted by Crippen LogP contribution is 2.26. The van der Waals surface area contributed by atoms with E-state index in [1.54, 1.807) is 12.3 Å². The molecule has 2 aromatic heterocycles. The fourth-order valence-electron chi connectivity index (χ4n) is 2.77. The summed E-state index contributed by atoms with van der Waals surface area (Å²) in [5.74, 6) is -0.150. The van der Waals surface area contributed by atoms with Crippen LogP contribution in [0.2, 0.25) is 0 Å². The lowest BCUT2D eigenvalue weighted by Gasteiger charge is -2.24. The maximum Gasteiger partial charge on any atom is 0.146 e. The minimum absolute atomic E-state index is 0.158. The minimum atomic E-state index is -0.308. The Balaban J connectivity index is 1.90. The summed E-state index contributed by atoms with van der Waals surface area (Å²) in [5.41, 5.74) is 4.03. The second kappa shape index (κ2) is 6.43. The van der Waals surface area contributed by atoms with Crippen LogP contribution in [0.1, 0.15) is 36.8 Å². The molecule has 2 N–H and O–H groups in total. The van der Waals surface area contributed by atoms with Crippen LogP contribution in [0.15, 0.2) is 43.1 Å². The molecule has 0 radical (unpaired) electrons. The molecule has 0 aliphatic heterocycles. The highest BCUT2D eigenvalue weighted by Gasteiger charge is 2.21. The fraction of sp³-hybridized carbons (Fsp3) is 0.263. The molecule has 5 heteroatoms. The normalized spacial score (nSPS) is 12.5. The average molecular weight is 324 g/mol. The molecule has 0 spiro atoms. The highest BCUT2D eigenvalue weighted by molar-refractivity contribution is 5.84. The SMILES string of the molecule is C=C(N[C@H](c1ncccc1F)C(C)C)c1ccc2n[nH]c(C)c2c1. The van der Waals surface area contributed by atoms with Gasteiger partial charge in [-0.15, -0.1) is 0 Å². The summed E-state index contributed by atoms with van der Waals surface area (Å²) in [5, 5.41) is 11.6. The van der Waals surface area contributed by atoms with Crippen molar-refractivity contribution in [3.8, 4) is 0 Å². The largest absolute Gasteiger partial charge is 0.376 e. The Morgan fingerprint density at radius 2 is 2.08 bits per heavy atom. The van der Waals surface area contributed by atoms with Crippen LogP contribution in [-0.4, -0.2) is 15.2 Å². The van der Waals surface area contributed by atoms with Gasteiger partial charge in [-0.1, -0.05) is 26.5 Å². The Morgan fingerprint density at radius 3 is 2.79 bits per heavy atom.